The molecular weight excluding hydrogens is 435 g/mol. The van der Waals surface area contributed by atoms with Gasteiger partial charge in [0.05, 0.1) is 6.61 Å². The molecule has 0 amide bonds. The monoisotopic (exact) mass is 462 g/mol. The number of halogens is 1. The van der Waals surface area contributed by atoms with Gasteiger partial charge in [0.25, 0.3) is 0 Å². The lowest BCUT2D eigenvalue weighted by atomic mass is 10.2. The van der Waals surface area contributed by atoms with Gasteiger partial charge in [-0.2, -0.15) is 11.8 Å². The van der Waals surface area contributed by atoms with Gasteiger partial charge in [0.15, 0.2) is 5.96 Å². The summed E-state index contributed by atoms with van der Waals surface area (Å²) in [5.74, 6) is 4.78. The standard InChI is InChI=1S/C17H26N4OS.HI/c1-18-17(21-15-3-2-8-23-12-15)20-10-14-6-7-19-16(9-14)22-11-13-4-5-13;/h6-7,9,13,15H,2-5,8,10-12H2,1H3,(H2,18,20,21);1H. The van der Waals surface area contributed by atoms with Crippen molar-refractivity contribution in [2.24, 2.45) is 10.9 Å². The average molecular weight is 462 g/mol. The largest absolute Gasteiger partial charge is 0.477 e. The molecule has 134 valence electrons. The van der Waals surface area contributed by atoms with Crippen molar-refractivity contribution in [3.05, 3.63) is 23.9 Å². The fraction of sp³-hybridized carbons (Fsp3) is 0.647. The molecular formula is C17H27IN4OS. The summed E-state index contributed by atoms with van der Waals surface area (Å²) in [6, 6.07) is 4.55. The van der Waals surface area contributed by atoms with Crippen LogP contribution in [0, 0.1) is 5.92 Å². The molecule has 1 saturated carbocycles. The highest BCUT2D eigenvalue weighted by Crippen LogP contribution is 2.29. The lowest BCUT2D eigenvalue weighted by Gasteiger charge is -2.24. The fourth-order valence-electron chi connectivity index (χ4n) is 2.56. The Morgan fingerprint density at radius 2 is 2.29 bits per heavy atom. The van der Waals surface area contributed by atoms with Crippen LogP contribution in [-0.4, -0.2) is 42.1 Å². The second kappa shape index (κ2) is 10.3. The first kappa shape index (κ1) is 19.6. The van der Waals surface area contributed by atoms with E-state index < -0.39 is 0 Å². The number of nitrogens with zero attached hydrogens (tertiary/aromatic N) is 2. The summed E-state index contributed by atoms with van der Waals surface area (Å²) in [5.41, 5.74) is 1.16. The van der Waals surface area contributed by atoms with Gasteiger partial charge in [-0.3, -0.25) is 4.99 Å². The Bertz CT molecular complexity index is 533. The van der Waals surface area contributed by atoms with Crippen molar-refractivity contribution >= 4 is 41.7 Å². The zero-order valence-corrected chi connectivity index (χ0v) is 17.3. The van der Waals surface area contributed by atoms with E-state index in [-0.39, 0.29) is 24.0 Å². The lowest BCUT2D eigenvalue weighted by molar-refractivity contribution is 0.288. The number of hydrogen-bond donors (Lipinski definition) is 2. The molecule has 2 N–H and O–H groups in total. The van der Waals surface area contributed by atoms with Crippen LogP contribution in [0.4, 0.5) is 0 Å². The van der Waals surface area contributed by atoms with Gasteiger partial charge >= 0.3 is 0 Å². The van der Waals surface area contributed by atoms with Gasteiger partial charge in [0.2, 0.25) is 5.88 Å². The quantitative estimate of drug-likeness (QED) is 0.387. The first-order valence-electron chi connectivity index (χ1n) is 8.46. The van der Waals surface area contributed by atoms with Gasteiger partial charge in [-0.1, -0.05) is 0 Å². The zero-order chi connectivity index (χ0) is 15.9. The zero-order valence-electron chi connectivity index (χ0n) is 14.2. The summed E-state index contributed by atoms with van der Waals surface area (Å²) in [6.45, 7) is 1.52. The number of hydrogen-bond acceptors (Lipinski definition) is 4. The minimum absolute atomic E-state index is 0. The molecule has 5 nitrogen and oxygen atoms in total. The number of thioether (sulfide) groups is 1. The highest BCUT2D eigenvalue weighted by Gasteiger charge is 2.22. The summed E-state index contributed by atoms with van der Waals surface area (Å²) in [7, 11) is 1.82. The van der Waals surface area contributed by atoms with Crippen LogP contribution in [0.3, 0.4) is 0 Å². The molecule has 1 atom stereocenters. The van der Waals surface area contributed by atoms with Crippen LogP contribution < -0.4 is 15.4 Å². The molecule has 0 radical (unpaired) electrons. The van der Waals surface area contributed by atoms with Gasteiger partial charge in [-0.25, -0.2) is 4.98 Å². The Hall–Kier alpha value is -0.700. The molecule has 2 heterocycles. The van der Waals surface area contributed by atoms with Crippen LogP contribution in [0.1, 0.15) is 31.2 Å². The van der Waals surface area contributed by atoms with Crippen molar-refractivity contribution in [2.45, 2.75) is 38.3 Å². The predicted molar refractivity (Wildman–Crippen MR) is 112 cm³/mol. The molecule has 24 heavy (non-hydrogen) atoms. The third kappa shape index (κ3) is 6.66. The summed E-state index contributed by atoms with van der Waals surface area (Å²) in [5, 5.41) is 6.89. The van der Waals surface area contributed by atoms with Gasteiger partial charge < -0.3 is 15.4 Å². The van der Waals surface area contributed by atoms with Crippen LogP contribution in [-0.2, 0) is 6.54 Å². The van der Waals surface area contributed by atoms with Crippen LogP contribution in [0.5, 0.6) is 5.88 Å². The van der Waals surface area contributed by atoms with Crippen LogP contribution in [0.2, 0.25) is 0 Å². The maximum atomic E-state index is 5.74. The second-order valence-electron chi connectivity index (χ2n) is 6.24. The Kier molecular flexibility index (Phi) is 8.44. The number of guanidine groups is 1. The van der Waals surface area contributed by atoms with E-state index in [1.807, 2.05) is 37.1 Å². The molecule has 0 bridgehead atoms. The molecule has 0 spiro atoms. The van der Waals surface area contributed by atoms with E-state index in [1.54, 1.807) is 0 Å². The molecule has 3 rings (SSSR count). The number of nitrogens with one attached hydrogen (secondary N) is 2. The molecule has 7 heteroatoms. The van der Waals surface area contributed by atoms with Crippen molar-refractivity contribution in [2.75, 3.05) is 25.2 Å². The van der Waals surface area contributed by atoms with E-state index in [0.29, 0.717) is 6.04 Å². The Labute approximate surface area is 165 Å². The molecule has 2 fully saturated rings. The smallest absolute Gasteiger partial charge is 0.213 e. The van der Waals surface area contributed by atoms with Crippen molar-refractivity contribution in [1.29, 1.82) is 0 Å². The molecule has 1 aliphatic carbocycles. The molecule has 1 aromatic rings. The van der Waals surface area contributed by atoms with Crippen molar-refractivity contribution in [1.82, 2.24) is 15.6 Å². The Morgan fingerprint density at radius 1 is 1.42 bits per heavy atom. The third-order valence-electron chi connectivity index (χ3n) is 4.15. The van der Waals surface area contributed by atoms with Crippen molar-refractivity contribution < 1.29 is 4.74 Å². The van der Waals surface area contributed by atoms with E-state index >= 15 is 0 Å². The minimum Gasteiger partial charge on any atom is -0.477 e. The summed E-state index contributed by atoms with van der Waals surface area (Å²) < 4.78 is 5.74. The number of ether oxygens (including phenoxy) is 1. The number of rotatable bonds is 6. The van der Waals surface area contributed by atoms with Crippen LogP contribution >= 0.6 is 35.7 Å². The Balaban J connectivity index is 0.00000208. The topological polar surface area (TPSA) is 58.5 Å². The summed E-state index contributed by atoms with van der Waals surface area (Å²) in [6.07, 6.45) is 6.91. The van der Waals surface area contributed by atoms with Crippen LogP contribution in [0.15, 0.2) is 23.3 Å². The predicted octanol–water partition coefficient (Wildman–Crippen LogP) is 3.05. The van der Waals surface area contributed by atoms with E-state index in [9.17, 15) is 0 Å². The molecule has 0 aromatic carbocycles. The van der Waals surface area contributed by atoms with E-state index in [2.05, 4.69) is 20.6 Å². The number of aromatic nitrogens is 1. The maximum Gasteiger partial charge on any atom is 0.213 e. The minimum atomic E-state index is 0. The average Bonchev–Trinajstić information content (AvgIpc) is 3.42. The number of pyridine rings is 1. The molecule has 2 aliphatic rings. The molecule has 1 aromatic heterocycles. The fourth-order valence-corrected chi connectivity index (χ4v) is 3.63. The molecule has 1 unspecified atom stereocenters. The van der Waals surface area contributed by atoms with Crippen LogP contribution in [0.25, 0.3) is 0 Å². The van der Waals surface area contributed by atoms with E-state index in [0.717, 1.165) is 42.2 Å². The summed E-state index contributed by atoms with van der Waals surface area (Å²) in [4.78, 5) is 8.61. The molecule has 1 aliphatic heterocycles. The third-order valence-corrected chi connectivity index (χ3v) is 5.36. The first-order valence-corrected chi connectivity index (χ1v) is 9.61. The highest BCUT2D eigenvalue weighted by atomic mass is 127. The lowest BCUT2D eigenvalue weighted by Crippen LogP contribution is -2.45. The number of aliphatic imine (C=N–C) groups is 1. The first-order chi connectivity index (χ1) is 11.3. The maximum absolute atomic E-state index is 5.74. The SMILES string of the molecule is CN=C(NCc1ccnc(OCC2CC2)c1)NC1CCCSC1.I. The van der Waals surface area contributed by atoms with Crippen molar-refractivity contribution in [3.63, 3.8) is 0 Å². The highest BCUT2D eigenvalue weighted by molar-refractivity contribution is 14.0. The molecule has 1 saturated heterocycles. The van der Waals surface area contributed by atoms with Gasteiger partial charge in [0.1, 0.15) is 0 Å². The normalized spacial score (nSPS) is 20.9. The Morgan fingerprint density at radius 3 is 3.00 bits per heavy atom. The van der Waals surface area contributed by atoms with E-state index in [4.69, 9.17) is 4.74 Å². The van der Waals surface area contributed by atoms with E-state index in [1.165, 1.54) is 31.4 Å². The second-order valence-corrected chi connectivity index (χ2v) is 7.39. The van der Waals surface area contributed by atoms with Gasteiger partial charge in [-0.15, -0.1) is 24.0 Å². The van der Waals surface area contributed by atoms with Crippen molar-refractivity contribution in [3.8, 4) is 5.88 Å². The van der Waals surface area contributed by atoms with Gasteiger partial charge in [-0.05, 0) is 49.0 Å². The van der Waals surface area contributed by atoms with Gasteiger partial charge in [0, 0.05) is 37.7 Å². The summed E-state index contributed by atoms with van der Waals surface area (Å²) >= 11 is 2.01.